The molecule has 0 spiro atoms. The Kier molecular flexibility index (Phi) is 10.7. The van der Waals surface area contributed by atoms with Crippen LogP contribution in [0.5, 0.6) is 0 Å². The highest BCUT2D eigenvalue weighted by Gasteiger charge is 2.21. The number of nitrogens with zero attached hydrogens (tertiary/aromatic N) is 2. The molecular weight excluding hydrogens is 471 g/mol. The number of piperidine rings is 1. The number of hydrogen-bond acceptors (Lipinski definition) is 3. The standard InChI is InChI=1S/C20H34N4OS.HI/c1-5-21-19(22-13-16-26(25)20(2,3)4)23-17-11-14-24(15-12-17)18-9-7-6-8-10-18;/h6-10,17H,5,11-16H2,1-4H3,(H2,21,22,23);1H. The Morgan fingerprint density at radius 3 is 2.41 bits per heavy atom. The molecule has 1 atom stereocenters. The normalized spacial score (nSPS) is 17.2. The quantitative estimate of drug-likeness (QED) is 0.353. The summed E-state index contributed by atoms with van der Waals surface area (Å²) in [6.07, 6.45) is 2.18. The monoisotopic (exact) mass is 506 g/mol. The molecule has 0 aromatic heterocycles. The van der Waals surface area contributed by atoms with Gasteiger partial charge in [-0.2, -0.15) is 0 Å². The maximum Gasteiger partial charge on any atom is 0.191 e. The topological polar surface area (TPSA) is 56.7 Å². The molecule has 1 aromatic carbocycles. The highest BCUT2D eigenvalue weighted by atomic mass is 127. The smallest absolute Gasteiger partial charge is 0.191 e. The zero-order valence-corrected chi connectivity index (χ0v) is 20.2. The first-order chi connectivity index (χ1) is 12.4. The number of guanidine groups is 1. The van der Waals surface area contributed by atoms with Crippen LogP contribution in [-0.2, 0) is 10.8 Å². The first-order valence-corrected chi connectivity index (χ1v) is 11.0. The van der Waals surface area contributed by atoms with Crippen molar-refractivity contribution in [3.8, 4) is 0 Å². The number of rotatable bonds is 6. The van der Waals surface area contributed by atoms with Crippen LogP contribution in [0.15, 0.2) is 35.3 Å². The second kappa shape index (κ2) is 11.9. The van der Waals surface area contributed by atoms with Crippen LogP contribution in [-0.4, -0.2) is 52.9 Å². The molecule has 0 saturated carbocycles. The maximum atomic E-state index is 12.2. The Morgan fingerprint density at radius 2 is 1.85 bits per heavy atom. The third kappa shape index (κ3) is 8.37. The largest absolute Gasteiger partial charge is 0.371 e. The second-order valence-corrected chi connectivity index (χ2v) is 9.99. The molecule has 2 N–H and O–H groups in total. The highest BCUT2D eigenvalue weighted by molar-refractivity contribution is 14.0. The van der Waals surface area contributed by atoms with Crippen LogP contribution in [0.4, 0.5) is 5.69 Å². The van der Waals surface area contributed by atoms with Crippen LogP contribution < -0.4 is 15.5 Å². The first-order valence-electron chi connectivity index (χ1n) is 9.63. The summed E-state index contributed by atoms with van der Waals surface area (Å²) in [4.78, 5) is 7.07. The van der Waals surface area contributed by atoms with E-state index in [0.29, 0.717) is 18.3 Å². The highest BCUT2D eigenvalue weighted by Crippen LogP contribution is 2.19. The van der Waals surface area contributed by atoms with Gasteiger partial charge in [-0.05, 0) is 52.7 Å². The SMILES string of the molecule is CCNC(=NCCS(=O)C(C)(C)C)NC1CCN(c2ccccc2)CC1.I. The number of hydrogen-bond donors (Lipinski definition) is 2. The van der Waals surface area contributed by atoms with Crippen molar-refractivity contribution in [3.05, 3.63) is 30.3 Å². The van der Waals surface area contributed by atoms with E-state index in [4.69, 9.17) is 0 Å². The third-order valence-electron chi connectivity index (χ3n) is 4.53. The van der Waals surface area contributed by atoms with Gasteiger partial charge < -0.3 is 15.5 Å². The van der Waals surface area contributed by atoms with Crippen LogP contribution in [0.1, 0.15) is 40.5 Å². The molecule has 0 amide bonds. The first kappa shape index (κ1) is 24.2. The molecule has 1 fully saturated rings. The van der Waals surface area contributed by atoms with Crippen LogP contribution >= 0.6 is 24.0 Å². The van der Waals surface area contributed by atoms with Crippen molar-refractivity contribution >= 4 is 46.4 Å². The van der Waals surface area contributed by atoms with Gasteiger partial charge in [-0.25, -0.2) is 0 Å². The van der Waals surface area contributed by atoms with Gasteiger partial charge in [0.05, 0.1) is 6.54 Å². The minimum absolute atomic E-state index is 0. The Hall–Kier alpha value is -0.830. The van der Waals surface area contributed by atoms with Gasteiger partial charge in [-0.3, -0.25) is 9.20 Å². The minimum atomic E-state index is -0.860. The van der Waals surface area contributed by atoms with Gasteiger partial charge >= 0.3 is 0 Å². The van der Waals surface area contributed by atoms with E-state index in [-0.39, 0.29) is 28.7 Å². The van der Waals surface area contributed by atoms with Crippen LogP contribution in [0, 0.1) is 0 Å². The van der Waals surface area contributed by atoms with Gasteiger partial charge in [0.2, 0.25) is 0 Å². The Morgan fingerprint density at radius 1 is 1.22 bits per heavy atom. The Bertz CT molecular complexity index is 596. The lowest BCUT2D eigenvalue weighted by atomic mass is 10.0. The number of aliphatic imine (C=N–C) groups is 1. The third-order valence-corrected chi connectivity index (χ3v) is 6.45. The minimum Gasteiger partial charge on any atom is -0.371 e. The fourth-order valence-corrected chi connectivity index (χ4v) is 3.85. The molecule has 5 nitrogen and oxygen atoms in total. The summed E-state index contributed by atoms with van der Waals surface area (Å²) in [7, 11) is -0.860. The lowest BCUT2D eigenvalue weighted by Crippen LogP contribution is -2.49. The van der Waals surface area contributed by atoms with Crippen molar-refractivity contribution < 1.29 is 4.21 Å². The molecule has 7 heteroatoms. The van der Waals surface area contributed by atoms with E-state index in [1.165, 1.54) is 5.69 Å². The van der Waals surface area contributed by atoms with Gasteiger partial charge in [0.25, 0.3) is 0 Å². The van der Waals surface area contributed by atoms with E-state index < -0.39 is 10.8 Å². The summed E-state index contributed by atoms with van der Waals surface area (Å²) < 4.78 is 12.0. The van der Waals surface area contributed by atoms with Crippen molar-refractivity contribution in [1.82, 2.24) is 10.6 Å². The second-order valence-electron chi connectivity index (χ2n) is 7.66. The summed E-state index contributed by atoms with van der Waals surface area (Å²) in [5, 5.41) is 6.87. The molecule has 1 heterocycles. The lowest BCUT2D eigenvalue weighted by Gasteiger charge is -2.34. The summed E-state index contributed by atoms with van der Waals surface area (Å²) in [6.45, 7) is 11.6. The van der Waals surface area contributed by atoms with Gasteiger partial charge in [0.15, 0.2) is 5.96 Å². The molecule has 1 saturated heterocycles. The molecule has 0 bridgehead atoms. The fraction of sp³-hybridized carbons (Fsp3) is 0.650. The molecular formula is C20H35IN4OS. The van der Waals surface area contributed by atoms with E-state index in [0.717, 1.165) is 38.4 Å². The van der Waals surface area contributed by atoms with Gasteiger partial charge in [-0.1, -0.05) is 18.2 Å². The van der Waals surface area contributed by atoms with Gasteiger partial charge in [-0.15, -0.1) is 24.0 Å². The van der Waals surface area contributed by atoms with Crippen LogP contribution in [0.3, 0.4) is 0 Å². The van der Waals surface area contributed by atoms with E-state index in [9.17, 15) is 4.21 Å². The molecule has 1 aromatic rings. The average Bonchev–Trinajstić information content (AvgIpc) is 2.62. The molecule has 0 aliphatic carbocycles. The summed E-state index contributed by atoms with van der Waals surface area (Å²) in [6, 6.07) is 11.0. The Labute approximate surface area is 184 Å². The van der Waals surface area contributed by atoms with Crippen molar-refractivity contribution in [2.45, 2.75) is 51.3 Å². The van der Waals surface area contributed by atoms with Crippen LogP contribution in [0.2, 0.25) is 0 Å². The number of nitrogens with one attached hydrogen (secondary N) is 2. The van der Waals surface area contributed by atoms with Gasteiger partial charge in [0, 0.05) is 52.7 Å². The van der Waals surface area contributed by atoms with E-state index in [2.05, 4.69) is 57.8 Å². The molecule has 1 aliphatic heterocycles. The van der Waals surface area contributed by atoms with Crippen molar-refractivity contribution in [1.29, 1.82) is 0 Å². The molecule has 2 rings (SSSR count). The number of anilines is 1. The number of para-hydroxylation sites is 1. The molecule has 154 valence electrons. The Balaban J connectivity index is 0.00000364. The zero-order chi connectivity index (χ0) is 19.0. The number of benzene rings is 1. The maximum absolute atomic E-state index is 12.2. The van der Waals surface area contributed by atoms with E-state index in [1.807, 2.05) is 20.8 Å². The summed E-state index contributed by atoms with van der Waals surface area (Å²) in [5.74, 6) is 1.45. The fourth-order valence-electron chi connectivity index (χ4n) is 2.98. The van der Waals surface area contributed by atoms with E-state index in [1.54, 1.807) is 0 Å². The van der Waals surface area contributed by atoms with Crippen LogP contribution in [0.25, 0.3) is 0 Å². The summed E-state index contributed by atoms with van der Waals surface area (Å²) in [5.41, 5.74) is 1.30. The van der Waals surface area contributed by atoms with Crippen molar-refractivity contribution in [2.24, 2.45) is 4.99 Å². The predicted octanol–water partition coefficient (Wildman–Crippen LogP) is 3.38. The van der Waals surface area contributed by atoms with Crippen molar-refractivity contribution in [3.63, 3.8) is 0 Å². The predicted molar refractivity (Wildman–Crippen MR) is 129 cm³/mol. The zero-order valence-electron chi connectivity index (χ0n) is 17.0. The lowest BCUT2D eigenvalue weighted by molar-refractivity contribution is 0.461. The number of halogens is 1. The van der Waals surface area contributed by atoms with Gasteiger partial charge in [0.1, 0.15) is 0 Å². The molecule has 0 radical (unpaired) electrons. The molecule has 1 unspecified atom stereocenters. The molecule has 27 heavy (non-hydrogen) atoms. The average molecular weight is 506 g/mol. The van der Waals surface area contributed by atoms with E-state index >= 15 is 0 Å². The van der Waals surface area contributed by atoms with Crippen molar-refractivity contribution in [2.75, 3.05) is 36.8 Å². The molecule has 1 aliphatic rings. The summed E-state index contributed by atoms with van der Waals surface area (Å²) >= 11 is 0.